The Hall–Kier alpha value is -4.04. The van der Waals surface area contributed by atoms with Crippen LogP contribution in [-0.2, 0) is 11.6 Å². The number of aromatic amines is 1. The number of nitro benzene ring substituents is 1. The SMILES string of the molecule is CN1C(=C=Cc2c(C(F)(F)F)[nH]n(-c3ccc([N+](=O)[O-])cc3)c2=O)C(C)(C)c2ccccc21. The topological polar surface area (TPSA) is 84.2 Å². The number of hydrogen-bond donors (Lipinski definition) is 1. The second-order valence-electron chi connectivity index (χ2n) is 8.15. The van der Waals surface area contributed by atoms with Crippen molar-refractivity contribution in [1.29, 1.82) is 0 Å². The highest BCUT2D eigenvalue weighted by Crippen LogP contribution is 2.46. The molecule has 1 aromatic heterocycles. The van der Waals surface area contributed by atoms with Crippen molar-refractivity contribution in [1.82, 2.24) is 9.78 Å². The molecule has 1 aliphatic rings. The van der Waals surface area contributed by atoms with Crippen molar-refractivity contribution >= 4 is 17.5 Å². The number of halogens is 3. The standard InChI is InChI=1S/C23H19F3N4O3/c1-22(2)17-6-4-5-7-18(17)28(3)19(22)13-12-16-20(23(24,25)26)27-29(21(16)31)14-8-10-15(11-9-14)30(32)33/h4-12,27H,1-3H3. The molecule has 2 heterocycles. The first-order valence-electron chi connectivity index (χ1n) is 9.90. The lowest BCUT2D eigenvalue weighted by molar-refractivity contribution is -0.384. The smallest absolute Gasteiger partial charge is 0.341 e. The number of alkyl halides is 3. The monoisotopic (exact) mass is 456 g/mol. The van der Waals surface area contributed by atoms with Gasteiger partial charge in [-0.15, -0.1) is 0 Å². The molecule has 33 heavy (non-hydrogen) atoms. The molecule has 0 aliphatic carbocycles. The van der Waals surface area contributed by atoms with E-state index in [4.69, 9.17) is 0 Å². The zero-order chi connectivity index (χ0) is 24.1. The van der Waals surface area contributed by atoms with Gasteiger partial charge in [-0.1, -0.05) is 23.9 Å². The number of allylic oxidation sites excluding steroid dienone is 1. The summed E-state index contributed by atoms with van der Waals surface area (Å²) in [7, 11) is 1.79. The summed E-state index contributed by atoms with van der Waals surface area (Å²) in [4.78, 5) is 25.0. The Kier molecular flexibility index (Phi) is 5.06. The summed E-state index contributed by atoms with van der Waals surface area (Å²) < 4.78 is 41.9. The van der Waals surface area contributed by atoms with E-state index in [9.17, 15) is 28.1 Å². The molecule has 170 valence electrons. The lowest BCUT2D eigenvalue weighted by Gasteiger charge is -2.21. The van der Waals surface area contributed by atoms with Gasteiger partial charge in [-0.05, 0) is 43.7 Å². The Balaban J connectivity index is 1.87. The van der Waals surface area contributed by atoms with Crippen LogP contribution in [0.4, 0.5) is 24.5 Å². The zero-order valence-electron chi connectivity index (χ0n) is 17.9. The van der Waals surface area contributed by atoms with Gasteiger partial charge in [0.25, 0.3) is 11.2 Å². The van der Waals surface area contributed by atoms with Gasteiger partial charge in [0.05, 0.1) is 21.9 Å². The Morgan fingerprint density at radius 3 is 2.33 bits per heavy atom. The largest absolute Gasteiger partial charge is 0.433 e. The van der Waals surface area contributed by atoms with Gasteiger partial charge in [-0.3, -0.25) is 20.0 Å². The molecule has 0 saturated carbocycles. The summed E-state index contributed by atoms with van der Waals surface area (Å²) in [5, 5.41) is 12.9. The van der Waals surface area contributed by atoms with E-state index < -0.39 is 33.3 Å². The summed E-state index contributed by atoms with van der Waals surface area (Å²) in [5.74, 6) is 0. The second kappa shape index (κ2) is 7.53. The maximum Gasteiger partial charge on any atom is 0.433 e. The highest BCUT2D eigenvalue weighted by atomic mass is 19.4. The predicted octanol–water partition coefficient (Wildman–Crippen LogP) is 5.02. The van der Waals surface area contributed by atoms with Gasteiger partial charge in [0.2, 0.25) is 0 Å². The molecular formula is C23H19F3N4O3. The van der Waals surface area contributed by atoms with E-state index in [1.165, 1.54) is 12.1 Å². The van der Waals surface area contributed by atoms with Crippen molar-refractivity contribution in [3.63, 3.8) is 0 Å². The van der Waals surface area contributed by atoms with Crippen molar-refractivity contribution in [2.45, 2.75) is 25.4 Å². The first kappa shape index (κ1) is 22.2. The number of benzene rings is 2. The minimum Gasteiger partial charge on any atom is -0.341 e. The van der Waals surface area contributed by atoms with Gasteiger partial charge in [0.1, 0.15) is 5.69 Å². The average molecular weight is 456 g/mol. The Bertz CT molecular complexity index is 1380. The van der Waals surface area contributed by atoms with Gasteiger partial charge in [-0.2, -0.15) is 13.2 Å². The maximum atomic E-state index is 13.7. The van der Waals surface area contributed by atoms with Gasteiger partial charge in [0.15, 0.2) is 0 Å². The molecule has 0 atom stereocenters. The average Bonchev–Trinajstić information content (AvgIpc) is 3.19. The van der Waals surface area contributed by atoms with Crippen molar-refractivity contribution in [3.05, 3.63) is 97.2 Å². The summed E-state index contributed by atoms with van der Waals surface area (Å²) in [6.07, 6.45) is -3.79. The molecule has 10 heteroatoms. The van der Waals surface area contributed by atoms with E-state index >= 15 is 0 Å². The highest BCUT2D eigenvalue weighted by molar-refractivity contribution is 5.70. The number of aromatic nitrogens is 2. The highest BCUT2D eigenvalue weighted by Gasteiger charge is 2.39. The number of rotatable bonds is 3. The molecule has 0 saturated heterocycles. The number of nitrogens with one attached hydrogen (secondary N) is 1. The fraction of sp³-hybridized carbons (Fsp3) is 0.217. The Morgan fingerprint density at radius 1 is 1.12 bits per heavy atom. The third-order valence-corrected chi connectivity index (χ3v) is 5.75. The van der Waals surface area contributed by atoms with E-state index in [1.54, 1.807) is 7.05 Å². The van der Waals surface area contributed by atoms with E-state index in [1.807, 2.05) is 43.0 Å². The third kappa shape index (κ3) is 3.64. The van der Waals surface area contributed by atoms with Crippen LogP contribution in [0.1, 0.15) is 30.7 Å². The van der Waals surface area contributed by atoms with Gasteiger partial charge in [0, 0.05) is 30.3 Å². The molecule has 3 aromatic rings. The minimum atomic E-state index is -4.83. The van der Waals surface area contributed by atoms with Crippen LogP contribution in [-0.4, -0.2) is 21.8 Å². The number of fused-ring (bicyclic) bond motifs is 1. The molecule has 0 radical (unpaired) electrons. The van der Waals surface area contributed by atoms with Crippen LogP contribution in [0.5, 0.6) is 0 Å². The third-order valence-electron chi connectivity index (χ3n) is 5.75. The zero-order valence-corrected chi connectivity index (χ0v) is 17.9. The molecule has 1 N–H and O–H groups in total. The minimum absolute atomic E-state index is 0.0362. The molecule has 7 nitrogen and oxygen atoms in total. The quantitative estimate of drug-likeness (QED) is 0.341. The number of H-pyrrole nitrogens is 1. The number of hydrogen-bond acceptors (Lipinski definition) is 4. The molecule has 0 unspecified atom stereocenters. The molecule has 1 aliphatic heterocycles. The van der Waals surface area contributed by atoms with Crippen LogP contribution in [0.25, 0.3) is 11.8 Å². The summed E-state index contributed by atoms with van der Waals surface area (Å²) in [6, 6.07) is 12.2. The number of para-hydroxylation sites is 1. The van der Waals surface area contributed by atoms with Crippen LogP contribution < -0.4 is 10.5 Å². The summed E-state index contributed by atoms with van der Waals surface area (Å²) in [6.45, 7) is 3.87. The number of nitrogens with zero attached hydrogens (tertiary/aromatic N) is 3. The van der Waals surface area contributed by atoms with Crippen LogP contribution >= 0.6 is 0 Å². The molecule has 4 rings (SSSR count). The molecule has 0 amide bonds. The van der Waals surface area contributed by atoms with E-state index in [2.05, 4.69) is 10.8 Å². The summed E-state index contributed by atoms with van der Waals surface area (Å²) in [5.41, 5.74) is 1.92. The van der Waals surface area contributed by atoms with Crippen molar-refractivity contribution < 1.29 is 18.1 Å². The maximum absolute atomic E-state index is 13.7. The number of non-ortho nitro benzene ring substituents is 1. The van der Waals surface area contributed by atoms with E-state index in [-0.39, 0.29) is 11.4 Å². The molecule has 0 spiro atoms. The molecule has 0 fully saturated rings. The fourth-order valence-corrected chi connectivity index (χ4v) is 4.09. The fourth-order valence-electron chi connectivity index (χ4n) is 4.09. The van der Waals surface area contributed by atoms with Gasteiger partial charge >= 0.3 is 6.18 Å². The van der Waals surface area contributed by atoms with Gasteiger partial charge in [-0.25, -0.2) is 4.68 Å². The van der Waals surface area contributed by atoms with Crippen molar-refractivity contribution in [2.75, 3.05) is 11.9 Å². The first-order chi connectivity index (χ1) is 15.4. The van der Waals surface area contributed by atoms with Crippen molar-refractivity contribution in [2.24, 2.45) is 0 Å². The van der Waals surface area contributed by atoms with Gasteiger partial charge < -0.3 is 4.90 Å². The Morgan fingerprint density at radius 2 is 1.76 bits per heavy atom. The molecular weight excluding hydrogens is 437 g/mol. The second-order valence-corrected chi connectivity index (χ2v) is 8.15. The van der Waals surface area contributed by atoms with E-state index in [0.717, 1.165) is 29.5 Å². The number of anilines is 1. The lowest BCUT2D eigenvalue weighted by atomic mass is 9.84. The lowest BCUT2D eigenvalue weighted by Crippen LogP contribution is -2.22. The Labute approximate surface area is 186 Å². The van der Waals surface area contributed by atoms with Crippen LogP contribution in [0.15, 0.2) is 64.8 Å². The number of likely N-dealkylation sites (N-methyl/N-ethyl adjacent to an activating group) is 1. The molecule has 2 aromatic carbocycles. The normalized spacial score (nSPS) is 14.7. The van der Waals surface area contributed by atoms with Crippen LogP contribution in [0.2, 0.25) is 0 Å². The van der Waals surface area contributed by atoms with Crippen molar-refractivity contribution in [3.8, 4) is 5.69 Å². The predicted molar refractivity (Wildman–Crippen MR) is 117 cm³/mol. The van der Waals surface area contributed by atoms with Crippen LogP contribution in [0.3, 0.4) is 0 Å². The van der Waals surface area contributed by atoms with Crippen LogP contribution in [0, 0.1) is 10.1 Å². The first-order valence-corrected chi connectivity index (χ1v) is 9.90. The number of nitro groups is 1. The summed E-state index contributed by atoms with van der Waals surface area (Å²) >= 11 is 0. The van der Waals surface area contributed by atoms with E-state index in [0.29, 0.717) is 10.4 Å². The molecule has 0 bridgehead atoms.